The molecule has 1 fully saturated rings. The van der Waals surface area contributed by atoms with Gasteiger partial charge in [0.2, 0.25) is 0 Å². The molecule has 1 saturated carbocycles. The van der Waals surface area contributed by atoms with Gasteiger partial charge < -0.3 is 4.57 Å². The first-order valence-electron chi connectivity index (χ1n) is 6.63. The van der Waals surface area contributed by atoms with E-state index in [9.17, 15) is 0 Å². The van der Waals surface area contributed by atoms with Crippen LogP contribution in [-0.4, -0.2) is 4.57 Å². The van der Waals surface area contributed by atoms with E-state index in [4.69, 9.17) is 11.6 Å². The second kappa shape index (κ2) is 4.14. The van der Waals surface area contributed by atoms with Gasteiger partial charge in [0.25, 0.3) is 0 Å². The molecular formula is C17H14ClN. The summed E-state index contributed by atoms with van der Waals surface area (Å²) >= 11 is 5.94. The molecule has 2 atom stereocenters. The Morgan fingerprint density at radius 1 is 0.895 bits per heavy atom. The minimum atomic E-state index is 0.605. The first-order valence-corrected chi connectivity index (χ1v) is 7.01. The third-order valence-corrected chi connectivity index (χ3v) is 4.26. The molecule has 1 heterocycles. The third-order valence-electron chi connectivity index (χ3n) is 4.01. The lowest BCUT2D eigenvalue weighted by atomic mass is 10.1. The second-order valence-corrected chi connectivity index (χ2v) is 5.73. The van der Waals surface area contributed by atoms with Gasteiger partial charge in [0.15, 0.2) is 0 Å². The number of rotatable bonds is 2. The smallest absolute Gasteiger partial charge is 0.0407 e. The summed E-state index contributed by atoms with van der Waals surface area (Å²) < 4.78 is 2.37. The molecule has 1 aliphatic carbocycles. The van der Waals surface area contributed by atoms with Crippen LogP contribution in [0.5, 0.6) is 0 Å². The van der Waals surface area contributed by atoms with Gasteiger partial charge in [0.1, 0.15) is 0 Å². The maximum atomic E-state index is 5.94. The minimum Gasteiger partial charge on any atom is -0.349 e. The quantitative estimate of drug-likeness (QED) is 0.614. The predicted molar refractivity (Wildman–Crippen MR) is 79.8 cm³/mol. The monoisotopic (exact) mass is 267 g/mol. The van der Waals surface area contributed by atoms with E-state index in [1.165, 1.54) is 22.8 Å². The molecule has 94 valence electrons. The van der Waals surface area contributed by atoms with Crippen molar-refractivity contribution in [1.29, 1.82) is 0 Å². The number of halogens is 1. The van der Waals surface area contributed by atoms with Crippen molar-refractivity contribution in [2.24, 2.45) is 0 Å². The van der Waals surface area contributed by atoms with Gasteiger partial charge in [-0.25, -0.2) is 0 Å². The van der Waals surface area contributed by atoms with Gasteiger partial charge in [0.05, 0.1) is 0 Å². The Morgan fingerprint density at radius 3 is 2.16 bits per heavy atom. The van der Waals surface area contributed by atoms with E-state index in [2.05, 4.69) is 53.4 Å². The van der Waals surface area contributed by atoms with Gasteiger partial charge >= 0.3 is 0 Å². The molecule has 1 nitrogen and oxygen atoms in total. The maximum absolute atomic E-state index is 5.94. The third kappa shape index (κ3) is 1.95. The van der Waals surface area contributed by atoms with Crippen molar-refractivity contribution in [3.05, 3.63) is 71.5 Å². The zero-order valence-electron chi connectivity index (χ0n) is 10.5. The van der Waals surface area contributed by atoms with Crippen LogP contribution in [-0.2, 0) is 0 Å². The molecule has 0 N–H and O–H groups in total. The molecule has 19 heavy (non-hydrogen) atoms. The highest BCUT2D eigenvalue weighted by Gasteiger charge is 2.39. The van der Waals surface area contributed by atoms with Gasteiger partial charge in [-0.2, -0.15) is 0 Å². The van der Waals surface area contributed by atoms with E-state index >= 15 is 0 Å². The molecule has 3 aromatic rings. The van der Waals surface area contributed by atoms with E-state index in [1.54, 1.807) is 0 Å². The molecule has 0 spiro atoms. The van der Waals surface area contributed by atoms with E-state index < -0.39 is 0 Å². The fourth-order valence-corrected chi connectivity index (χ4v) is 3.00. The van der Waals surface area contributed by atoms with Crippen molar-refractivity contribution in [1.82, 2.24) is 4.57 Å². The Labute approximate surface area is 117 Å². The van der Waals surface area contributed by atoms with E-state index in [0.717, 1.165) is 5.02 Å². The van der Waals surface area contributed by atoms with E-state index in [1.807, 2.05) is 12.1 Å². The number of aromatic nitrogens is 1. The van der Waals surface area contributed by atoms with Crippen LogP contribution in [0.15, 0.2) is 60.9 Å². The van der Waals surface area contributed by atoms with Crippen molar-refractivity contribution in [3.8, 4) is 0 Å². The molecular weight excluding hydrogens is 254 g/mol. The predicted octanol–water partition coefficient (Wildman–Crippen LogP) is 5.02. The fourth-order valence-electron chi connectivity index (χ4n) is 2.88. The Hall–Kier alpha value is -1.73. The maximum Gasteiger partial charge on any atom is 0.0407 e. The highest BCUT2D eigenvalue weighted by Crippen LogP contribution is 2.51. The van der Waals surface area contributed by atoms with Crippen LogP contribution >= 0.6 is 11.6 Å². The fraction of sp³-hybridized carbons (Fsp3) is 0.176. The van der Waals surface area contributed by atoms with Crippen molar-refractivity contribution in [3.63, 3.8) is 0 Å². The van der Waals surface area contributed by atoms with Gasteiger partial charge in [-0.3, -0.25) is 0 Å². The standard InChI is InChI=1S/C17H14ClN/c18-15-7-5-12(6-8-15)16-9-17(16)19-10-13-3-1-2-4-14(13)11-19/h1-8,10-11,16-17H,9H2/t16-,17-/m1/s1. The average molecular weight is 268 g/mol. The summed E-state index contributed by atoms with van der Waals surface area (Å²) in [6.45, 7) is 0. The van der Waals surface area contributed by atoms with Gasteiger partial charge in [0, 0.05) is 29.4 Å². The summed E-state index contributed by atoms with van der Waals surface area (Å²) in [7, 11) is 0. The summed E-state index contributed by atoms with van der Waals surface area (Å²) in [4.78, 5) is 0. The molecule has 2 aromatic carbocycles. The summed E-state index contributed by atoms with van der Waals surface area (Å²) in [5, 5.41) is 3.46. The Bertz CT molecular complexity index is 693. The molecule has 1 aromatic heterocycles. The SMILES string of the molecule is Clc1ccc([C@H]2C[C@H]2n2cc3ccccc3c2)cc1. The van der Waals surface area contributed by atoms with Crippen LogP contribution in [0.2, 0.25) is 5.02 Å². The van der Waals surface area contributed by atoms with E-state index in [-0.39, 0.29) is 0 Å². The number of hydrogen-bond acceptors (Lipinski definition) is 0. The lowest BCUT2D eigenvalue weighted by molar-refractivity contribution is 0.725. The highest BCUT2D eigenvalue weighted by molar-refractivity contribution is 6.30. The van der Waals surface area contributed by atoms with Gasteiger partial charge in [-0.05, 0) is 34.9 Å². The van der Waals surface area contributed by atoms with Gasteiger partial charge in [-0.1, -0.05) is 48.0 Å². The zero-order chi connectivity index (χ0) is 12.8. The molecule has 1 aliphatic rings. The van der Waals surface area contributed by atoms with Crippen molar-refractivity contribution >= 4 is 22.4 Å². The number of nitrogens with zero attached hydrogens (tertiary/aromatic N) is 1. The molecule has 0 bridgehead atoms. The molecule has 0 radical (unpaired) electrons. The summed E-state index contributed by atoms with van der Waals surface area (Å²) in [6.07, 6.45) is 5.74. The largest absolute Gasteiger partial charge is 0.349 e. The normalized spacial score (nSPS) is 21.7. The summed E-state index contributed by atoms with van der Waals surface area (Å²) in [6, 6.07) is 17.4. The van der Waals surface area contributed by atoms with E-state index in [0.29, 0.717) is 12.0 Å². The molecule has 4 rings (SSSR count). The van der Waals surface area contributed by atoms with Crippen LogP contribution in [0.25, 0.3) is 10.8 Å². The summed E-state index contributed by atoms with van der Waals surface area (Å²) in [5.41, 5.74) is 1.40. The molecule has 0 amide bonds. The lowest BCUT2D eigenvalue weighted by Crippen LogP contribution is -1.91. The first-order chi connectivity index (χ1) is 9.31. The number of hydrogen-bond donors (Lipinski definition) is 0. The van der Waals surface area contributed by atoms with Crippen LogP contribution in [0.1, 0.15) is 23.9 Å². The van der Waals surface area contributed by atoms with Crippen molar-refractivity contribution < 1.29 is 0 Å². The minimum absolute atomic E-state index is 0.605. The second-order valence-electron chi connectivity index (χ2n) is 5.30. The number of benzene rings is 2. The summed E-state index contributed by atoms with van der Waals surface area (Å²) in [5.74, 6) is 0.638. The number of fused-ring (bicyclic) bond motifs is 1. The van der Waals surface area contributed by atoms with Gasteiger partial charge in [-0.15, -0.1) is 0 Å². The molecule has 0 saturated heterocycles. The van der Waals surface area contributed by atoms with Crippen LogP contribution < -0.4 is 0 Å². The Kier molecular flexibility index (Phi) is 2.42. The van der Waals surface area contributed by atoms with Crippen LogP contribution in [0, 0.1) is 0 Å². The topological polar surface area (TPSA) is 4.93 Å². The Balaban J connectivity index is 1.63. The lowest BCUT2D eigenvalue weighted by Gasteiger charge is -2.02. The highest BCUT2D eigenvalue weighted by atomic mass is 35.5. The van der Waals surface area contributed by atoms with Crippen LogP contribution in [0.3, 0.4) is 0 Å². The Morgan fingerprint density at radius 2 is 1.53 bits per heavy atom. The zero-order valence-corrected chi connectivity index (χ0v) is 11.2. The molecule has 0 aliphatic heterocycles. The average Bonchev–Trinajstić information content (AvgIpc) is 3.11. The molecule has 0 unspecified atom stereocenters. The molecule has 2 heteroatoms. The first kappa shape index (κ1) is 11.1. The van der Waals surface area contributed by atoms with Crippen molar-refractivity contribution in [2.45, 2.75) is 18.4 Å². The van der Waals surface area contributed by atoms with Crippen molar-refractivity contribution in [2.75, 3.05) is 0 Å². The van der Waals surface area contributed by atoms with Crippen LogP contribution in [0.4, 0.5) is 0 Å².